The number of fused-ring (bicyclic) bond motifs is 3. The Labute approximate surface area is 125 Å². The summed E-state index contributed by atoms with van der Waals surface area (Å²) in [5, 5.41) is 5.31. The lowest BCUT2D eigenvalue weighted by molar-refractivity contribution is 0.667. The number of furan rings is 1. The van der Waals surface area contributed by atoms with Crippen LogP contribution >= 0.6 is 0 Å². The summed E-state index contributed by atoms with van der Waals surface area (Å²) in [6, 6.07) is 11.7. The summed E-state index contributed by atoms with van der Waals surface area (Å²) < 4.78 is 5.84. The predicted molar refractivity (Wildman–Crippen MR) is 85.9 cm³/mol. The summed E-state index contributed by atoms with van der Waals surface area (Å²) in [5.41, 5.74) is 6.90. The number of anilines is 1. The number of nitrogens with zero attached hydrogens (tertiary/aromatic N) is 3. The second-order valence-corrected chi connectivity index (χ2v) is 4.89. The van der Waals surface area contributed by atoms with Crippen LogP contribution in [0.2, 0.25) is 0 Å². The van der Waals surface area contributed by atoms with Crippen LogP contribution in [0, 0.1) is 0 Å². The van der Waals surface area contributed by atoms with Crippen molar-refractivity contribution in [3.8, 4) is 0 Å². The molecule has 0 bridgehead atoms. The minimum absolute atomic E-state index is 0.548. The van der Waals surface area contributed by atoms with Gasteiger partial charge in [0.25, 0.3) is 0 Å². The van der Waals surface area contributed by atoms with Crippen molar-refractivity contribution in [3.05, 3.63) is 54.6 Å². The number of rotatable bonds is 3. The number of nitrogens with one attached hydrogen (secondary N) is 2. The Morgan fingerprint density at radius 2 is 2.09 bits per heavy atom. The molecule has 108 valence electrons. The SMILES string of the molecule is C/C(=N\Nc1ncnc2c1oc1ccccc12)c1ccc[nH]1. The quantitative estimate of drug-likeness (QED) is 0.447. The molecular formula is C16H13N5O. The average molecular weight is 291 g/mol. The van der Waals surface area contributed by atoms with Crippen molar-refractivity contribution in [2.45, 2.75) is 6.92 Å². The van der Waals surface area contributed by atoms with Crippen LogP contribution in [0.3, 0.4) is 0 Å². The summed E-state index contributed by atoms with van der Waals surface area (Å²) in [6.07, 6.45) is 3.36. The molecule has 0 radical (unpaired) electrons. The van der Waals surface area contributed by atoms with Crippen LogP contribution in [0.1, 0.15) is 12.6 Å². The molecule has 0 fully saturated rings. The average Bonchev–Trinajstić information content (AvgIpc) is 3.20. The Hall–Kier alpha value is -3.15. The first-order valence-electron chi connectivity index (χ1n) is 6.89. The summed E-state index contributed by atoms with van der Waals surface area (Å²) in [5.74, 6) is 0.548. The van der Waals surface area contributed by atoms with E-state index in [1.807, 2.05) is 49.5 Å². The van der Waals surface area contributed by atoms with Gasteiger partial charge in [0.05, 0.1) is 11.4 Å². The molecule has 0 amide bonds. The van der Waals surface area contributed by atoms with Gasteiger partial charge in [0.1, 0.15) is 17.4 Å². The molecule has 0 aliphatic rings. The van der Waals surface area contributed by atoms with Crippen molar-refractivity contribution >= 4 is 33.6 Å². The third-order valence-electron chi connectivity index (χ3n) is 3.48. The molecule has 3 aromatic heterocycles. The minimum atomic E-state index is 0.548. The van der Waals surface area contributed by atoms with Gasteiger partial charge in [-0.2, -0.15) is 5.10 Å². The Balaban J connectivity index is 1.77. The second-order valence-electron chi connectivity index (χ2n) is 4.89. The molecule has 2 N–H and O–H groups in total. The molecular weight excluding hydrogens is 278 g/mol. The van der Waals surface area contributed by atoms with Crippen LogP contribution in [0.5, 0.6) is 0 Å². The zero-order valence-electron chi connectivity index (χ0n) is 11.9. The molecule has 0 unspecified atom stereocenters. The largest absolute Gasteiger partial charge is 0.450 e. The van der Waals surface area contributed by atoms with Crippen LogP contribution in [-0.4, -0.2) is 20.7 Å². The van der Waals surface area contributed by atoms with E-state index in [4.69, 9.17) is 4.42 Å². The van der Waals surface area contributed by atoms with Gasteiger partial charge in [-0.05, 0) is 31.2 Å². The number of hydrogen-bond acceptors (Lipinski definition) is 5. The minimum Gasteiger partial charge on any atom is -0.450 e. The smallest absolute Gasteiger partial charge is 0.197 e. The fraction of sp³-hybridized carbons (Fsp3) is 0.0625. The Kier molecular flexibility index (Phi) is 2.86. The van der Waals surface area contributed by atoms with Gasteiger partial charge in [-0.25, -0.2) is 9.97 Å². The van der Waals surface area contributed by atoms with Gasteiger partial charge in [0.15, 0.2) is 11.4 Å². The molecule has 6 nitrogen and oxygen atoms in total. The molecule has 0 spiro atoms. The number of benzene rings is 1. The normalized spacial score (nSPS) is 12.1. The van der Waals surface area contributed by atoms with E-state index in [1.165, 1.54) is 6.33 Å². The first-order chi connectivity index (χ1) is 10.8. The number of aromatic nitrogens is 3. The van der Waals surface area contributed by atoms with Crippen LogP contribution in [0.4, 0.5) is 5.82 Å². The predicted octanol–water partition coefficient (Wildman–Crippen LogP) is 3.54. The third-order valence-corrected chi connectivity index (χ3v) is 3.48. The Bertz CT molecular complexity index is 969. The molecule has 0 aliphatic heterocycles. The maximum atomic E-state index is 5.84. The van der Waals surface area contributed by atoms with E-state index >= 15 is 0 Å². The fourth-order valence-corrected chi connectivity index (χ4v) is 2.36. The van der Waals surface area contributed by atoms with Crippen LogP contribution in [0.25, 0.3) is 22.1 Å². The first-order valence-corrected chi connectivity index (χ1v) is 6.89. The van der Waals surface area contributed by atoms with Crippen LogP contribution in [0.15, 0.2) is 58.4 Å². The highest BCUT2D eigenvalue weighted by Crippen LogP contribution is 2.30. The van der Waals surface area contributed by atoms with Gasteiger partial charge >= 0.3 is 0 Å². The number of para-hydroxylation sites is 1. The summed E-state index contributed by atoms with van der Waals surface area (Å²) in [4.78, 5) is 11.6. The van der Waals surface area contributed by atoms with Gasteiger partial charge < -0.3 is 9.40 Å². The van der Waals surface area contributed by atoms with Crippen molar-refractivity contribution in [3.63, 3.8) is 0 Å². The number of aromatic amines is 1. The van der Waals surface area contributed by atoms with Gasteiger partial charge in [0.2, 0.25) is 0 Å². The highest BCUT2D eigenvalue weighted by Gasteiger charge is 2.12. The number of hydrogen-bond donors (Lipinski definition) is 2. The Morgan fingerprint density at radius 3 is 2.95 bits per heavy atom. The van der Waals surface area contributed by atoms with Gasteiger partial charge in [-0.15, -0.1) is 0 Å². The van der Waals surface area contributed by atoms with E-state index < -0.39 is 0 Å². The third kappa shape index (κ3) is 2.01. The molecule has 6 heteroatoms. The lowest BCUT2D eigenvalue weighted by atomic mass is 10.2. The monoisotopic (exact) mass is 291 g/mol. The second kappa shape index (κ2) is 5.00. The molecule has 4 rings (SSSR count). The number of hydrazone groups is 1. The number of H-pyrrole nitrogens is 1. The lowest BCUT2D eigenvalue weighted by Crippen LogP contribution is -2.01. The van der Waals surface area contributed by atoms with E-state index in [9.17, 15) is 0 Å². The maximum absolute atomic E-state index is 5.84. The molecule has 0 atom stereocenters. The van der Waals surface area contributed by atoms with Crippen molar-refractivity contribution in [1.29, 1.82) is 0 Å². The highest BCUT2D eigenvalue weighted by atomic mass is 16.3. The Morgan fingerprint density at radius 1 is 1.18 bits per heavy atom. The molecule has 3 heterocycles. The van der Waals surface area contributed by atoms with E-state index in [-0.39, 0.29) is 0 Å². The van der Waals surface area contributed by atoms with Crippen molar-refractivity contribution in [1.82, 2.24) is 15.0 Å². The zero-order valence-corrected chi connectivity index (χ0v) is 11.9. The fourth-order valence-electron chi connectivity index (χ4n) is 2.36. The zero-order chi connectivity index (χ0) is 14.9. The van der Waals surface area contributed by atoms with Crippen LogP contribution < -0.4 is 5.43 Å². The molecule has 0 saturated carbocycles. The lowest BCUT2D eigenvalue weighted by Gasteiger charge is -2.01. The molecule has 1 aromatic carbocycles. The summed E-state index contributed by atoms with van der Waals surface area (Å²) in [6.45, 7) is 1.91. The van der Waals surface area contributed by atoms with Crippen molar-refractivity contribution in [2.75, 3.05) is 5.43 Å². The van der Waals surface area contributed by atoms with Gasteiger partial charge in [-0.3, -0.25) is 5.43 Å². The maximum Gasteiger partial charge on any atom is 0.197 e. The van der Waals surface area contributed by atoms with E-state index in [0.29, 0.717) is 11.4 Å². The topological polar surface area (TPSA) is 79.1 Å². The van der Waals surface area contributed by atoms with E-state index in [0.717, 1.165) is 27.9 Å². The van der Waals surface area contributed by atoms with E-state index in [1.54, 1.807) is 0 Å². The van der Waals surface area contributed by atoms with Crippen LogP contribution in [-0.2, 0) is 0 Å². The molecule has 0 aliphatic carbocycles. The molecule has 0 saturated heterocycles. The van der Waals surface area contributed by atoms with Gasteiger partial charge in [-0.1, -0.05) is 12.1 Å². The summed E-state index contributed by atoms with van der Waals surface area (Å²) >= 11 is 0. The molecule has 4 aromatic rings. The van der Waals surface area contributed by atoms with Crippen molar-refractivity contribution < 1.29 is 4.42 Å². The van der Waals surface area contributed by atoms with Crippen molar-refractivity contribution in [2.24, 2.45) is 5.10 Å². The van der Waals surface area contributed by atoms with Gasteiger partial charge in [0, 0.05) is 11.6 Å². The summed E-state index contributed by atoms with van der Waals surface area (Å²) in [7, 11) is 0. The standard InChI is InChI=1S/C16H13N5O/c1-10(12-6-4-8-17-12)20-21-16-15-14(18-9-19-16)11-5-2-3-7-13(11)22-15/h2-9,17H,1H3,(H,18,19,21)/b20-10+. The first kappa shape index (κ1) is 12.6. The molecule has 22 heavy (non-hydrogen) atoms. The van der Waals surface area contributed by atoms with E-state index in [2.05, 4.69) is 25.5 Å². The highest BCUT2D eigenvalue weighted by molar-refractivity contribution is 6.05.